The van der Waals surface area contributed by atoms with Gasteiger partial charge >= 0.3 is 12.1 Å². The number of carbonyl (C=O) groups excluding carboxylic acids is 7. The molecule has 4 bridgehead atoms. The molecule has 0 saturated carbocycles. The summed E-state index contributed by atoms with van der Waals surface area (Å²) >= 11 is 6.81. The second-order valence-electron chi connectivity index (χ2n) is 20.1. The summed E-state index contributed by atoms with van der Waals surface area (Å²) in [5, 5.41) is 21.1. The van der Waals surface area contributed by atoms with Crippen LogP contribution in [-0.2, 0) is 59.5 Å². The zero-order valence-electron chi connectivity index (χ0n) is 45.1. The van der Waals surface area contributed by atoms with E-state index in [2.05, 4.69) is 21.2 Å². The van der Waals surface area contributed by atoms with E-state index in [0.29, 0.717) is 54.1 Å². The summed E-state index contributed by atoms with van der Waals surface area (Å²) in [5.41, 5.74) is 2.11. The maximum Gasteiger partial charge on any atom is 0.409 e. The Labute approximate surface area is 467 Å². The number of anilines is 3. The number of halogens is 1. The fraction of sp³-hybridized carbons (Fsp3) is 0.418. The van der Waals surface area contributed by atoms with Gasteiger partial charge in [-0.15, -0.1) is 0 Å². The smallest absolute Gasteiger partial charge is 0.409 e. The zero-order chi connectivity index (χ0) is 58.3. The van der Waals surface area contributed by atoms with Gasteiger partial charge in [-0.2, -0.15) is 13.5 Å². The van der Waals surface area contributed by atoms with Crippen molar-refractivity contribution < 1.29 is 75.3 Å². The Kier molecular flexibility index (Phi) is 19.0. The Morgan fingerprint density at radius 3 is 2.40 bits per heavy atom. The molecule has 0 aliphatic carbocycles. The number of nitrogens with zero attached hydrogens (tertiary/aromatic N) is 4. The molecular weight excluding hydrogens is 1080 g/mol. The van der Waals surface area contributed by atoms with E-state index in [1.807, 2.05) is 13.0 Å². The van der Waals surface area contributed by atoms with Crippen LogP contribution in [0.15, 0.2) is 101 Å². The SMILES string of the molecule is COc1cc2cc(c1Cl)N(C)C(=O)C[C@H](OC(=O)CN(C)c1ccc(/C(C)=N/NC(=O)c3ccc(NC(=O)CCCCCN4C(=O)C=CC4=O)cc3S(=O)(=O)O)cc1)C1(C)OC1C[C@@H]1C[C@@](O)(NC(=O)O1)[C@H](OC)/C=C/C=C(\C)C2. The van der Waals surface area contributed by atoms with Crippen molar-refractivity contribution in [1.29, 1.82) is 0 Å². The summed E-state index contributed by atoms with van der Waals surface area (Å²) in [5.74, 6) is -3.09. The van der Waals surface area contributed by atoms with Gasteiger partial charge in [-0.05, 0) is 93.6 Å². The fourth-order valence-electron chi connectivity index (χ4n) is 9.56. The van der Waals surface area contributed by atoms with Gasteiger partial charge in [-0.1, -0.05) is 54.0 Å². The average molecular weight is 1150 g/mol. The van der Waals surface area contributed by atoms with Crippen molar-refractivity contribution in [2.24, 2.45) is 5.10 Å². The second kappa shape index (κ2) is 25.3. The topological polar surface area (TPSA) is 302 Å². The molecule has 6 amide bonds. The summed E-state index contributed by atoms with van der Waals surface area (Å²) in [7, 11) is 1.09. The van der Waals surface area contributed by atoms with Crippen molar-refractivity contribution >= 4 is 86.1 Å². The molecule has 2 unspecified atom stereocenters. The Bertz CT molecular complexity index is 3150. The van der Waals surface area contributed by atoms with Crippen LogP contribution >= 0.6 is 11.6 Å². The van der Waals surface area contributed by atoms with Gasteiger partial charge in [-0.3, -0.25) is 43.5 Å². The van der Waals surface area contributed by atoms with Crippen molar-refractivity contribution in [2.45, 2.75) is 113 Å². The van der Waals surface area contributed by atoms with Crippen LogP contribution in [0.1, 0.15) is 87.2 Å². The van der Waals surface area contributed by atoms with E-state index in [1.54, 1.807) is 81.4 Å². The lowest BCUT2D eigenvalue weighted by Crippen LogP contribution is -2.62. The Hall–Kier alpha value is -7.48. The van der Waals surface area contributed by atoms with Gasteiger partial charge in [0.1, 0.15) is 46.1 Å². The molecule has 6 atom stereocenters. The highest BCUT2D eigenvalue weighted by molar-refractivity contribution is 7.86. The molecule has 4 heterocycles. The minimum absolute atomic E-state index is 0.00156. The second-order valence-corrected chi connectivity index (χ2v) is 21.8. The molecule has 0 radical (unpaired) electrons. The van der Waals surface area contributed by atoms with Crippen molar-refractivity contribution in [3.05, 3.63) is 112 Å². The number of methoxy groups -OCH3 is 2. The summed E-state index contributed by atoms with van der Waals surface area (Å²) < 4.78 is 64.0. The Morgan fingerprint density at radius 1 is 1.01 bits per heavy atom. The minimum Gasteiger partial charge on any atom is -0.495 e. The number of likely N-dealkylation sites (N-methyl/N-ethyl adjacent to an activating group) is 1. The van der Waals surface area contributed by atoms with Gasteiger partial charge in [0.2, 0.25) is 11.8 Å². The van der Waals surface area contributed by atoms with Crippen LogP contribution in [0.4, 0.5) is 21.9 Å². The van der Waals surface area contributed by atoms with Crippen LogP contribution < -0.4 is 30.6 Å². The molecule has 3 aromatic carbocycles. The van der Waals surface area contributed by atoms with Gasteiger partial charge in [-0.25, -0.2) is 10.2 Å². The minimum atomic E-state index is -4.97. The summed E-state index contributed by atoms with van der Waals surface area (Å²) in [6.45, 7) is 5.08. The predicted molar refractivity (Wildman–Crippen MR) is 293 cm³/mol. The van der Waals surface area contributed by atoms with E-state index in [4.69, 9.17) is 35.3 Å². The van der Waals surface area contributed by atoms with Crippen molar-refractivity contribution in [3.8, 4) is 5.75 Å². The van der Waals surface area contributed by atoms with Crippen LogP contribution in [0.25, 0.3) is 0 Å². The molecule has 0 spiro atoms. The fourth-order valence-corrected chi connectivity index (χ4v) is 10.6. The molecule has 5 N–H and O–H groups in total. The van der Waals surface area contributed by atoms with E-state index >= 15 is 0 Å². The number of carbonyl (C=O) groups is 7. The number of fused-ring (bicyclic) bond motifs is 5. The third-order valence-corrected chi connectivity index (χ3v) is 15.4. The number of allylic oxidation sites excluding steroid dienone is 3. The van der Waals surface area contributed by atoms with Gasteiger partial charge in [0, 0.05) is 70.5 Å². The number of nitrogens with one attached hydrogen (secondary N) is 3. The highest BCUT2D eigenvalue weighted by Crippen LogP contribution is 2.47. The lowest BCUT2D eigenvalue weighted by atomic mass is 9.90. The summed E-state index contributed by atoms with van der Waals surface area (Å²) in [6, 6.07) is 13.6. The third kappa shape index (κ3) is 14.7. The molecule has 0 aromatic heterocycles. The van der Waals surface area contributed by atoms with Crippen LogP contribution in [0.3, 0.4) is 0 Å². The molecule has 2 fully saturated rings. The number of hydrazone groups is 1. The van der Waals surface area contributed by atoms with E-state index in [0.717, 1.165) is 28.2 Å². The monoisotopic (exact) mass is 1150 g/mol. The van der Waals surface area contributed by atoms with Gasteiger partial charge in [0.25, 0.3) is 27.8 Å². The van der Waals surface area contributed by atoms with Crippen molar-refractivity contribution in [3.63, 3.8) is 0 Å². The van der Waals surface area contributed by atoms with Crippen molar-refractivity contribution in [1.82, 2.24) is 15.6 Å². The van der Waals surface area contributed by atoms with Crippen LogP contribution in [0.5, 0.6) is 5.75 Å². The Balaban J connectivity index is 1.00. The Morgan fingerprint density at radius 2 is 1.73 bits per heavy atom. The maximum atomic E-state index is 14.3. The van der Waals surface area contributed by atoms with Crippen LogP contribution in [-0.4, -0.2) is 147 Å². The van der Waals surface area contributed by atoms with Gasteiger partial charge < -0.3 is 43.9 Å². The number of aliphatic hydroxyl groups is 1. The number of imide groups is 1. The maximum absolute atomic E-state index is 14.3. The van der Waals surface area contributed by atoms with E-state index in [9.17, 15) is 51.6 Å². The standard InChI is InChI=1S/C55H64ClN7O16S/c1-32-12-11-13-43(76-7)55(71)30-38(77-53(70)58-55)28-45-54(3,79-45)44(29-49(67)62(5)40-25-34(24-32)26-41(75-6)51(40)56)78-50(68)31-61(4)37-18-15-35(16-19-37)33(2)59-60-52(69)39-20-17-36(27-42(39)80(72,73)74)57-46(64)14-9-8-10-23-63-47(65)21-22-48(63)66/h11-13,15-22,25-27,38,43-45,71H,8-10,14,23-24,28-31H2,1-7H3,(H,57,64)(H,58,70)(H,60,69)(H,72,73,74)/b13-11+,32-12+,59-33+/t38-,43-,44+,45?,54?,55+/m1/s1. The first-order chi connectivity index (χ1) is 37.8. The number of epoxide rings is 1. The van der Waals surface area contributed by atoms with Gasteiger partial charge in [0.05, 0.1) is 36.6 Å². The number of amides is 6. The number of rotatable bonds is 17. The van der Waals surface area contributed by atoms with E-state index < -0.39 is 97.9 Å². The molecule has 25 heteroatoms. The number of esters is 1. The molecule has 2 saturated heterocycles. The zero-order valence-corrected chi connectivity index (χ0v) is 46.7. The first-order valence-corrected chi connectivity index (χ1v) is 27.3. The molecule has 428 valence electrons. The number of unbranched alkanes of at least 4 members (excludes halogenated alkanes) is 2. The summed E-state index contributed by atoms with van der Waals surface area (Å²) in [4.78, 5) is 93.8. The molecule has 23 nitrogen and oxygen atoms in total. The number of benzene rings is 3. The number of alkyl carbamates (subject to hydrolysis) is 1. The molecule has 3 aromatic rings. The third-order valence-electron chi connectivity index (χ3n) is 14.2. The lowest BCUT2D eigenvalue weighted by Gasteiger charge is -2.40. The number of hydrogen-bond donors (Lipinski definition) is 5. The quantitative estimate of drug-likeness (QED) is 0.0215. The largest absolute Gasteiger partial charge is 0.495 e. The van der Waals surface area contributed by atoms with Crippen LogP contribution in [0.2, 0.25) is 5.02 Å². The van der Waals surface area contributed by atoms with Gasteiger partial charge in [0.15, 0.2) is 5.72 Å². The predicted octanol–water partition coefficient (Wildman–Crippen LogP) is 5.38. The molecule has 7 rings (SSSR count). The highest BCUT2D eigenvalue weighted by atomic mass is 35.5. The molecule has 80 heavy (non-hydrogen) atoms. The number of ether oxygens (including phenoxy) is 5. The van der Waals surface area contributed by atoms with Crippen LogP contribution in [0, 0.1) is 0 Å². The number of hydrogen-bond acceptors (Lipinski definition) is 17. The van der Waals surface area contributed by atoms with Crippen molar-refractivity contribution in [2.75, 3.05) is 56.5 Å². The molecule has 4 aliphatic rings. The highest BCUT2D eigenvalue weighted by Gasteiger charge is 2.61. The first-order valence-electron chi connectivity index (χ1n) is 25.5. The molecule has 4 aliphatic heterocycles. The van der Waals surface area contributed by atoms with E-state index in [-0.39, 0.29) is 49.5 Å². The van der Waals surface area contributed by atoms with E-state index in [1.165, 1.54) is 37.3 Å². The average Bonchev–Trinajstić information content (AvgIpc) is 4.20. The normalized spacial score (nSPS) is 24.4. The molecular formula is C55H64ClN7O16S. The first kappa shape index (κ1) is 60.2. The summed E-state index contributed by atoms with van der Waals surface area (Å²) in [6.07, 6.45) is 4.48. The lowest BCUT2D eigenvalue weighted by molar-refractivity contribution is -0.152.